The van der Waals surface area contributed by atoms with Gasteiger partial charge in [0, 0.05) is 54.1 Å². The number of benzene rings is 1. The average molecular weight is 369 g/mol. The molecule has 1 atom stereocenters. The molecular formula is C20H27N5O2. The zero-order valence-corrected chi connectivity index (χ0v) is 16.3. The quantitative estimate of drug-likeness (QED) is 0.597. The number of amides is 2. The van der Waals surface area contributed by atoms with E-state index in [4.69, 9.17) is 4.74 Å². The highest BCUT2D eigenvalue weighted by Gasteiger charge is 2.11. The molecule has 2 aromatic heterocycles. The van der Waals surface area contributed by atoms with Gasteiger partial charge in [-0.15, -0.1) is 0 Å². The third-order valence-corrected chi connectivity index (χ3v) is 4.54. The van der Waals surface area contributed by atoms with Crippen LogP contribution in [-0.4, -0.2) is 40.6 Å². The van der Waals surface area contributed by atoms with Crippen LogP contribution < -0.4 is 10.6 Å². The fourth-order valence-corrected chi connectivity index (χ4v) is 3.30. The number of rotatable bonds is 7. The van der Waals surface area contributed by atoms with Crippen molar-refractivity contribution in [2.45, 2.75) is 39.8 Å². The first-order chi connectivity index (χ1) is 13.0. The van der Waals surface area contributed by atoms with Crippen molar-refractivity contribution in [2.75, 3.05) is 19.0 Å². The predicted octanol–water partition coefficient (Wildman–Crippen LogP) is 3.38. The number of aryl methyl sites for hydroxylation is 2. The molecule has 3 N–H and O–H groups in total. The van der Waals surface area contributed by atoms with E-state index >= 15 is 0 Å². The summed E-state index contributed by atoms with van der Waals surface area (Å²) in [6.45, 7) is 7.48. The average Bonchev–Trinajstić information content (AvgIpc) is 3.14. The zero-order chi connectivity index (χ0) is 19.4. The number of nitrogens with zero attached hydrogens (tertiary/aromatic N) is 2. The third-order valence-electron chi connectivity index (χ3n) is 4.54. The summed E-state index contributed by atoms with van der Waals surface area (Å²) < 4.78 is 7.40. The Bertz CT molecular complexity index is 928. The van der Waals surface area contributed by atoms with Crippen molar-refractivity contribution in [3.63, 3.8) is 0 Å². The van der Waals surface area contributed by atoms with Gasteiger partial charge in [-0.05, 0) is 51.1 Å². The van der Waals surface area contributed by atoms with Gasteiger partial charge in [0.15, 0.2) is 0 Å². The standard InChI is InChI=1S/C20H27N5O2/c1-13(9-18-10-14(2)23-24-18)21-20(26)22-17-5-6-19-16(12-17)11-15(3)25(19)7-8-27-4/h5-6,10-13H,7-9H2,1-4H3,(H,23,24)(H2,21,22,26)/t13-/m1/s1. The largest absolute Gasteiger partial charge is 0.383 e. The molecule has 3 aromatic rings. The van der Waals surface area contributed by atoms with Gasteiger partial charge in [-0.3, -0.25) is 5.10 Å². The lowest BCUT2D eigenvalue weighted by Crippen LogP contribution is -2.37. The van der Waals surface area contributed by atoms with Gasteiger partial charge in [0.25, 0.3) is 0 Å². The fourth-order valence-electron chi connectivity index (χ4n) is 3.30. The van der Waals surface area contributed by atoms with Crippen molar-refractivity contribution in [3.05, 3.63) is 47.4 Å². The third kappa shape index (κ3) is 4.68. The van der Waals surface area contributed by atoms with Crippen molar-refractivity contribution in [2.24, 2.45) is 0 Å². The number of carbonyl (C=O) groups excluding carboxylic acids is 1. The molecule has 1 aromatic carbocycles. The monoisotopic (exact) mass is 369 g/mol. The van der Waals surface area contributed by atoms with Crippen molar-refractivity contribution >= 4 is 22.6 Å². The van der Waals surface area contributed by atoms with Gasteiger partial charge in [-0.25, -0.2) is 4.79 Å². The highest BCUT2D eigenvalue weighted by molar-refractivity contribution is 5.93. The number of H-pyrrole nitrogens is 1. The van der Waals surface area contributed by atoms with E-state index in [1.165, 1.54) is 5.69 Å². The van der Waals surface area contributed by atoms with E-state index in [9.17, 15) is 4.79 Å². The number of hydrogen-bond acceptors (Lipinski definition) is 3. The topological polar surface area (TPSA) is 84.0 Å². The summed E-state index contributed by atoms with van der Waals surface area (Å²) >= 11 is 0. The first-order valence-electron chi connectivity index (χ1n) is 9.13. The van der Waals surface area contributed by atoms with Crippen LogP contribution in [-0.2, 0) is 17.7 Å². The lowest BCUT2D eigenvalue weighted by atomic mass is 10.2. The smallest absolute Gasteiger partial charge is 0.319 e. The predicted molar refractivity (Wildman–Crippen MR) is 107 cm³/mol. The summed E-state index contributed by atoms with van der Waals surface area (Å²) in [6.07, 6.45) is 0.679. The van der Waals surface area contributed by atoms with Crippen molar-refractivity contribution in [1.29, 1.82) is 0 Å². The first kappa shape index (κ1) is 19.0. The highest BCUT2D eigenvalue weighted by atomic mass is 16.5. The van der Waals surface area contributed by atoms with Gasteiger partial charge in [0.2, 0.25) is 0 Å². The summed E-state index contributed by atoms with van der Waals surface area (Å²) in [4.78, 5) is 12.3. The number of hydrogen-bond donors (Lipinski definition) is 3. The van der Waals surface area contributed by atoms with Gasteiger partial charge >= 0.3 is 6.03 Å². The number of ether oxygens (including phenoxy) is 1. The van der Waals surface area contributed by atoms with E-state index in [2.05, 4.69) is 38.4 Å². The molecule has 3 rings (SSSR count). The molecule has 0 aliphatic carbocycles. The second-order valence-electron chi connectivity index (χ2n) is 6.95. The molecule has 2 heterocycles. The van der Waals surface area contributed by atoms with Gasteiger partial charge in [-0.2, -0.15) is 5.10 Å². The Morgan fingerprint density at radius 3 is 2.81 bits per heavy atom. The first-order valence-corrected chi connectivity index (χ1v) is 9.13. The molecule has 0 aliphatic heterocycles. The Morgan fingerprint density at radius 2 is 2.11 bits per heavy atom. The van der Waals surface area contributed by atoms with Crippen LogP contribution in [0.2, 0.25) is 0 Å². The maximum absolute atomic E-state index is 12.3. The van der Waals surface area contributed by atoms with Crippen LogP contribution in [0.25, 0.3) is 10.9 Å². The van der Waals surface area contributed by atoms with E-state index in [1.807, 2.05) is 38.1 Å². The number of carbonyl (C=O) groups is 1. The summed E-state index contributed by atoms with van der Waals surface area (Å²) in [7, 11) is 1.70. The lowest BCUT2D eigenvalue weighted by molar-refractivity contribution is 0.188. The maximum Gasteiger partial charge on any atom is 0.319 e. The maximum atomic E-state index is 12.3. The minimum atomic E-state index is -0.218. The van der Waals surface area contributed by atoms with Crippen LogP contribution in [0.1, 0.15) is 24.0 Å². The Morgan fingerprint density at radius 1 is 1.30 bits per heavy atom. The van der Waals surface area contributed by atoms with Crippen molar-refractivity contribution < 1.29 is 9.53 Å². The molecule has 0 unspecified atom stereocenters. The van der Waals surface area contributed by atoms with Crippen LogP contribution in [0.3, 0.4) is 0 Å². The second kappa shape index (κ2) is 8.26. The summed E-state index contributed by atoms with van der Waals surface area (Å²) in [5, 5.41) is 14.1. The zero-order valence-electron chi connectivity index (χ0n) is 16.3. The molecule has 0 radical (unpaired) electrons. The number of urea groups is 1. The molecule has 0 spiro atoms. The minimum Gasteiger partial charge on any atom is -0.383 e. The van der Waals surface area contributed by atoms with Gasteiger partial charge in [0.1, 0.15) is 0 Å². The molecule has 7 heteroatoms. The summed E-state index contributed by atoms with van der Waals surface area (Å²) in [6, 6.07) is 9.82. The molecule has 0 fully saturated rings. The molecule has 144 valence electrons. The van der Waals surface area contributed by atoms with Crippen molar-refractivity contribution in [3.8, 4) is 0 Å². The lowest BCUT2D eigenvalue weighted by Gasteiger charge is -2.14. The molecule has 7 nitrogen and oxygen atoms in total. The van der Waals surface area contributed by atoms with Gasteiger partial charge in [-0.1, -0.05) is 0 Å². The number of methoxy groups -OCH3 is 1. The number of aromatic nitrogens is 3. The number of nitrogens with one attached hydrogen (secondary N) is 3. The molecule has 0 saturated heterocycles. The number of anilines is 1. The fraction of sp³-hybridized carbons (Fsp3) is 0.400. The molecule has 0 aliphatic rings. The van der Waals surface area contributed by atoms with Crippen LogP contribution >= 0.6 is 0 Å². The summed E-state index contributed by atoms with van der Waals surface area (Å²) in [5.74, 6) is 0. The SMILES string of the molecule is COCCn1c(C)cc2cc(NC(=O)N[C@H](C)Cc3cc(C)[nH]n3)ccc21. The van der Waals surface area contributed by atoms with E-state index in [-0.39, 0.29) is 12.1 Å². The normalized spacial score (nSPS) is 12.3. The Hall–Kier alpha value is -2.80. The molecule has 0 saturated carbocycles. The van der Waals surface area contributed by atoms with Crippen molar-refractivity contribution in [1.82, 2.24) is 20.1 Å². The molecule has 0 bridgehead atoms. The van der Waals surface area contributed by atoms with E-state index in [0.717, 1.165) is 34.5 Å². The molecular weight excluding hydrogens is 342 g/mol. The number of fused-ring (bicyclic) bond motifs is 1. The van der Waals surface area contributed by atoms with Crippen LogP contribution in [0.5, 0.6) is 0 Å². The van der Waals surface area contributed by atoms with Gasteiger partial charge < -0.3 is 19.9 Å². The van der Waals surface area contributed by atoms with E-state index in [1.54, 1.807) is 7.11 Å². The van der Waals surface area contributed by atoms with Crippen LogP contribution in [0.4, 0.5) is 10.5 Å². The summed E-state index contributed by atoms with van der Waals surface area (Å²) in [5.41, 5.74) is 5.04. The van der Waals surface area contributed by atoms with Gasteiger partial charge in [0.05, 0.1) is 12.3 Å². The number of aromatic amines is 1. The Kier molecular flexibility index (Phi) is 5.81. The molecule has 27 heavy (non-hydrogen) atoms. The van der Waals surface area contributed by atoms with Crippen LogP contribution in [0.15, 0.2) is 30.3 Å². The molecule has 2 amide bonds. The minimum absolute atomic E-state index is 0.0196. The van der Waals surface area contributed by atoms with Crippen LogP contribution in [0, 0.1) is 13.8 Å². The highest BCUT2D eigenvalue weighted by Crippen LogP contribution is 2.23. The van der Waals surface area contributed by atoms with E-state index < -0.39 is 0 Å². The van der Waals surface area contributed by atoms with E-state index in [0.29, 0.717) is 13.0 Å². The Labute approximate surface area is 159 Å². The Balaban J connectivity index is 1.62. The second-order valence-corrected chi connectivity index (χ2v) is 6.95.